The van der Waals surface area contributed by atoms with Crippen LogP contribution < -0.4 is 5.56 Å². The Morgan fingerprint density at radius 2 is 2.04 bits per heavy atom. The van der Waals surface area contributed by atoms with Crippen LogP contribution in [0.25, 0.3) is 21.0 Å². The molecule has 130 valence electrons. The molecule has 7 heteroatoms. The molecule has 26 heavy (non-hydrogen) atoms. The highest BCUT2D eigenvalue weighted by Gasteiger charge is 2.19. The van der Waals surface area contributed by atoms with Crippen LogP contribution in [-0.4, -0.2) is 15.9 Å². The summed E-state index contributed by atoms with van der Waals surface area (Å²) in [6, 6.07) is 12.9. The molecule has 2 heterocycles. The molecule has 0 amide bonds. The van der Waals surface area contributed by atoms with Crippen molar-refractivity contribution in [3.8, 4) is 0 Å². The van der Waals surface area contributed by atoms with Gasteiger partial charge in [-0.3, -0.25) is 4.79 Å². The van der Waals surface area contributed by atoms with Gasteiger partial charge in [-0.15, -0.1) is 11.3 Å². The minimum atomic E-state index is -0.734. The third-order valence-electron chi connectivity index (χ3n) is 3.98. The van der Waals surface area contributed by atoms with E-state index in [-0.39, 0.29) is 17.2 Å². The Balaban J connectivity index is 1.61. The van der Waals surface area contributed by atoms with Gasteiger partial charge in [-0.25, -0.2) is 14.2 Å². The molecule has 0 bridgehead atoms. The number of nitrogens with one attached hydrogen (secondary N) is 1. The van der Waals surface area contributed by atoms with Gasteiger partial charge in [-0.05, 0) is 48.7 Å². The second-order valence-corrected chi connectivity index (χ2v) is 6.89. The van der Waals surface area contributed by atoms with E-state index < -0.39 is 12.1 Å². The van der Waals surface area contributed by atoms with Gasteiger partial charge in [0.2, 0.25) is 0 Å². The number of carbonyl (C=O) groups is 1. The molecule has 5 nitrogen and oxygen atoms in total. The van der Waals surface area contributed by atoms with Crippen molar-refractivity contribution >= 4 is 38.3 Å². The first-order valence-corrected chi connectivity index (χ1v) is 8.72. The fourth-order valence-electron chi connectivity index (χ4n) is 2.69. The number of carbonyl (C=O) groups excluding carboxylic acids is 1. The molecule has 2 aromatic heterocycles. The average molecular weight is 368 g/mol. The monoisotopic (exact) mass is 368 g/mol. The molecule has 1 atom stereocenters. The summed E-state index contributed by atoms with van der Waals surface area (Å²) in [6.45, 7) is 1.64. The highest BCUT2D eigenvalue weighted by atomic mass is 32.1. The number of hydrogen-bond acceptors (Lipinski definition) is 5. The van der Waals surface area contributed by atoms with Crippen LogP contribution in [0.3, 0.4) is 0 Å². The maximum Gasteiger partial charge on any atom is 0.349 e. The van der Waals surface area contributed by atoms with E-state index in [0.29, 0.717) is 21.2 Å². The van der Waals surface area contributed by atoms with Crippen molar-refractivity contribution in [3.05, 3.63) is 75.4 Å². The summed E-state index contributed by atoms with van der Waals surface area (Å²) in [4.78, 5) is 31.9. The number of fused-ring (bicyclic) bond motifs is 2. The summed E-state index contributed by atoms with van der Waals surface area (Å²) in [6.07, 6.45) is -0.734. The smallest absolute Gasteiger partial charge is 0.349 e. The van der Waals surface area contributed by atoms with E-state index in [2.05, 4.69) is 9.97 Å². The molecular weight excluding hydrogens is 355 g/mol. The number of rotatable bonds is 3. The Bertz CT molecular complexity index is 1200. The molecule has 0 aliphatic heterocycles. The van der Waals surface area contributed by atoms with E-state index in [4.69, 9.17) is 4.74 Å². The summed E-state index contributed by atoms with van der Waals surface area (Å²) in [5.41, 5.74) is 0.248. The lowest BCUT2D eigenvalue weighted by atomic mass is 10.2. The van der Waals surface area contributed by atoms with E-state index in [1.165, 1.54) is 23.5 Å². The van der Waals surface area contributed by atoms with Crippen LogP contribution in [0.4, 0.5) is 4.39 Å². The second kappa shape index (κ2) is 6.34. The van der Waals surface area contributed by atoms with E-state index in [1.54, 1.807) is 43.3 Å². The maximum absolute atomic E-state index is 13.3. The van der Waals surface area contributed by atoms with Gasteiger partial charge in [0, 0.05) is 4.70 Å². The molecule has 4 rings (SSSR count). The summed E-state index contributed by atoms with van der Waals surface area (Å²) in [5.74, 6) is -0.634. The van der Waals surface area contributed by atoms with Crippen molar-refractivity contribution in [2.75, 3.05) is 0 Å². The van der Waals surface area contributed by atoms with E-state index in [9.17, 15) is 14.0 Å². The van der Waals surface area contributed by atoms with Crippen LogP contribution >= 0.6 is 11.3 Å². The number of nitrogens with zero attached hydrogens (tertiary/aromatic N) is 1. The first-order chi connectivity index (χ1) is 12.5. The van der Waals surface area contributed by atoms with Crippen LogP contribution in [0.2, 0.25) is 0 Å². The fourth-order valence-corrected chi connectivity index (χ4v) is 3.61. The molecule has 4 aromatic rings. The summed E-state index contributed by atoms with van der Waals surface area (Å²) in [7, 11) is 0. The molecule has 1 N–H and O–H groups in total. The Morgan fingerprint density at radius 3 is 2.88 bits per heavy atom. The molecular formula is C19H13FN2O3S. The predicted octanol–water partition coefficient (Wildman–Crippen LogP) is 4.19. The van der Waals surface area contributed by atoms with Gasteiger partial charge in [0.1, 0.15) is 10.7 Å². The maximum atomic E-state index is 13.3. The largest absolute Gasteiger partial charge is 0.450 e. The molecule has 0 saturated heterocycles. The zero-order chi connectivity index (χ0) is 18.3. The second-order valence-electron chi connectivity index (χ2n) is 5.81. The third kappa shape index (κ3) is 2.97. The predicted molar refractivity (Wildman–Crippen MR) is 98.0 cm³/mol. The molecule has 0 unspecified atom stereocenters. The Labute approximate surface area is 151 Å². The van der Waals surface area contributed by atoms with Gasteiger partial charge in [0.15, 0.2) is 11.9 Å². The van der Waals surface area contributed by atoms with E-state index in [1.807, 2.05) is 0 Å². The highest BCUT2D eigenvalue weighted by molar-refractivity contribution is 7.20. The normalized spacial score (nSPS) is 12.4. The third-order valence-corrected chi connectivity index (χ3v) is 5.08. The average Bonchev–Trinajstić information content (AvgIpc) is 3.05. The first kappa shape index (κ1) is 16.4. The van der Waals surface area contributed by atoms with Crippen LogP contribution in [0.1, 0.15) is 28.5 Å². The van der Waals surface area contributed by atoms with Crippen molar-refractivity contribution in [3.63, 3.8) is 0 Å². The number of ether oxygens (including phenoxy) is 1. The lowest BCUT2D eigenvalue weighted by Crippen LogP contribution is -2.17. The molecule has 0 fully saturated rings. The molecule has 0 spiro atoms. The molecule has 0 aliphatic rings. The van der Waals surface area contributed by atoms with Crippen LogP contribution in [-0.2, 0) is 4.74 Å². The van der Waals surface area contributed by atoms with E-state index in [0.717, 1.165) is 4.70 Å². The zero-order valence-electron chi connectivity index (χ0n) is 13.7. The minimum Gasteiger partial charge on any atom is -0.450 e. The standard InChI is InChI=1S/C19H13FN2O3S/c1-10(17-21-14-5-3-2-4-13(14)18(23)22-17)25-19(24)16-9-11-8-12(20)6-7-15(11)26-16/h2-10H,1H3,(H,21,22,23)/t10-/m0/s1. The zero-order valence-corrected chi connectivity index (χ0v) is 14.5. The minimum absolute atomic E-state index is 0.272. The number of benzene rings is 2. The summed E-state index contributed by atoms with van der Waals surface area (Å²) < 4.78 is 19.5. The number of hydrogen-bond donors (Lipinski definition) is 1. The van der Waals surface area contributed by atoms with Crippen molar-refractivity contribution in [2.24, 2.45) is 0 Å². The number of aromatic nitrogens is 2. The molecule has 0 radical (unpaired) electrons. The number of thiophene rings is 1. The van der Waals surface area contributed by atoms with Crippen molar-refractivity contribution in [1.82, 2.24) is 9.97 Å². The van der Waals surface area contributed by atoms with Gasteiger partial charge in [-0.1, -0.05) is 12.1 Å². The Hall–Kier alpha value is -3.06. The summed E-state index contributed by atoms with van der Waals surface area (Å²) >= 11 is 1.22. The fraction of sp³-hybridized carbons (Fsp3) is 0.105. The van der Waals surface area contributed by atoms with Gasteiger partial charge < -0.3 is 9.72 Å². The van der Waals surface area contributed by atoms with Gasteiger partial charge in [0.25, 0.3) is 5.56 Å². The quantitative estimate of drug-likeness (QED) is 0.550. The topological polar surface area (TPSA) is 72.0 Å². The lowest BCUT2D eigenvalue weighted by molar-refractivity contribution is 0.0326. The molecule has 0 saturated carbocycles. The first-order valence-electron chi connectivity index (χ1n) is 7.90. The number of halogens is 1. The number of H-pyrrole nitrogens is 1. The van der Waals surface area contributed by atoms with E-state index >= 15 is 0 Å². The highest BCUT2D eigenvalue weighted by Crippen LogP contribution is 2.28. The van der Waals surface area contributed by atoms with Crippen LogP contribution in [0.15, 0.2) is 53.3 Å². The summed E-state index contributed by atoms with van der Waals surface area (Å²) in [5, 5.41) is 1.12. The van der Waals surface area contributed by atoms with Crippen molar-refractivity contribution < 1.29 is 13.9 Å². The van der Waals surface area contributed by atoms with Crippen molar-refractivity contribution in [1.29, 1.82) is 0 Å². The number of aromatic amines is 1. The Morgan fingerprint density at radius 1 is 1.23 bits per heavy atom. The molecule has 2 aromatic carbocycles. The van der Waals surface area contributed by atoms with Crippen LogP contribution in [0.5, 0.6) is 0 Å². The van der Waals surface area contributed by atoms with Gasteiger partial charge >= 0.3 is 5.97 Å². The number of para-hydroxylation sites is 1. The Kier molecular flexibility index (Phi) is 4.00. The lowest BCUT2D eigenvalue weighted by Gasteiger charge is -2.12. The number of esters is 1. The van der Waals surface area contributed by atoms with Gasteiger partial charge in [0.05, 0.1) is 10.9 Å². The van der Waals surface area contributed by atoms with Gasteiger partial charge in [-0.2, -0.15) is 0 Å². The van der Waals surface area contributed by atoms with Crippen molar-refractivity contribution in [2.45, 2.75) is 13.0 Å². The molecule has 0 aliphatic carbocycles. The SMILES string of the molecule is C[C@H](OC(=O)c1cc2cc(F)ccc2s1)c1nc2ccccc2c(=O)[nH]1. The van der Waals surface area contributed by atoms with Crippen LogP contribution in [0, 0.1) is 5.82 Å².